The van der Waals surface area contributed by atoms with Gasteiger partial charge in [0.2, 0.25) is 5.91 Å². The maximum Gasteiger partial charge on any atom is 0.326 e. The Morgan fingerprint density at radius 2 is 1.79 bits per heavy atom. The van der Waals surface area contributed by atoms with Gasteiger partial charge in [0.15, 0.2) is 0 Å². The van der Waals surface area contributed by atoms with Crippen LogP contribution >= 0.6 is 0 Å². The Morgan fingerprint density at radius 3 is 2.50 bits per heavy atom. The number of rotatable bonds is 7. The van der Waals surface area contributed by atoms with E-state index in [0.717, 1.165) is 42.6 Å². The summed E-state index contributed by atoms with van der Waals surface area (Å²) in [7, 11) is 0. The summed E-state index contributed by atoms with van der Waals surface area (Å²) in [6.07, 6.45) is 5.01. The van der Waals surface area contributed by atoms with Gasteiger partial charge in [-0.15, -0.1) is 0 Å². The fourth-order valence-electron chi connectivity index (χ4n) is 3.65. The van der Waals surface area contributed by atoms with Crippen LogP contribution in [0.2, 0.25) is 0 Å². The van der Waals surface area contributed by atoms with Crippen LogP contribution in [0.3, 0.4) is 0 Å². The monoisotopic (exact) mass is 379 g/mol. The Balaban J connectivity index is 1.57. The fourth-order valence-corrected chi connectivity index (χ4v) is 3.65. The highest BCUT2D eigenvalue weighted by molar-refractivity contribution is 6.01. The lowest BCUT2D eigenvalue weighted by Gasteiger charge is -2.23. The summed E-state index contributed by atoms with van der Waals surface area (Å²) in [5.41, 5.74) is 2.72. The van der Waals surface area contributed by atoms with Gasteiger partial charge < -0.3 is 10.6 Å². The van der Waals surface area contributed by atoms with Crippen LogP contribution in [-0.2, 0) is 4.79 Å². The molecule has 1 saturated carbocycles. The zero-order valence-electron chi connectivity index (χ0n) is 16.5. The van der Waals surface area contributed by atoms with Crippen LogP contribution in [0.15, 0.2) is 54.6 Å². The van der Waals surface area contributed by atoms with E-state index in [0.29, 0.717) is 19.5 Å². The number of aryl methyl sites for hydroxylation is 1. The summed E-state index contributed by atoms with van der Waals surface area (Å²) in [5, 5.41) is 6.01. The standard InChI is InChI=1S/C23H29N3O2/c1-18-9-7-12-20(17-18)25-23(28)26(21-13-3-2-4-14-21)16-8-15-24-22(27)19-10-5-6-11-19/h2-4,7,9,12-14,17,19H,5-6,8,10-11,15-16H2,1H3,(H,24,27)(H,25,28). The minimum atomic E-state index is -0.168. The average molecular weight is 380 g/mol. The summed E-state index contributed by atoms with van der Waals surface area (Å²) < 4.78 is 0. The fraction of sp³-hybridized carbons (Fsp3) is 0.391. The zero-order chi connectivity index (χ0) is 19.8. The van der Waals surface area contributed by atoms with E-state index in [1.54, 1.807) is 4.90 Å². The molecule has 0 saturated heterocycles. The molecule has 0 atom stereocenters. The molecule has 1 fully saturated rings. The van der Waals surface area contributed by atoms with Crippen molar-refractivity contribution in [1.82, 2.24) is 5.32 Å². The second kappa shape index (κ2) is 9.93. The van der Waals surface area contributed by atoms with Crippen molar-refractivity contribution in [3.8, 4) is 0 Å². The highest BCUT2D eigenvalue weighted by Crippen LogP contribution is 2.24. The third kappa shape index (κ3) is 5.59. The van der Waals surface area contributed by atoms with Gasteiger partial charge in [-0.25, -0.2) is 4.79 Å². The van der Waals surface area contributed by atoms with Gasteiger partial charge in [-0.3, -0.25) is 9.69 Å². The molecule has 0 bridgehead atoms. The summed E-state index contributed by atoms with van der Waals surface area (Å²) in [5.74, 6) is 0.336. The minimum absolute atomic E-state index is 0.160. The van der Waals surface area contributed by atoms with Crippen molar-refractivity contribution in [2.45, 2.75) is 39.0 Å². The van der Waals surface area contributed by atoms with Gasteiger partial charge in [0.25, 0.3) is 0 Å². The molecular weight excluding hydrogens is 350 g/mol. The van der Waals surface area contributed by atoms with Crippen molar-refractivity contribution < 1.29 is 9.59 Å². The molecule has 5 nitrogen and oxygen atoms in total. The van der Waals surface area contributed by atoms with Crippen LogP contribution in [0.5, 0.6) is 0 Å². The lowest BCUT2D eigenvalue weighted by Crippen LogP contribution is -2.38. The smallest absolute Gasteiger partial charge is 0.326 e. The normalized spacial score (nSPS) is 13.9. The first-order valence-corrected chi connectivity index (χ1v) is 10.1. The van der Waals surface area contributed by atoms with Crippen LogP contribution in [0.4, 0.5) is 16.2 Å². The topological polar surface area (TPSA) is 61.4 Å². The van der Waals surface area contributed by atoms with Crippen molar-refractivity contribution in [3.05, 3.63) is 60.2 Å². The molecule has 0 aliphatic heterocycles. The largest absolute Gasteiger partial charge is 0.356 e. The number of hydrogen-bond donors (Lipinski definition) is 2. The third-order valence-corrected chi connectivity index (χ3v) is 5.17. The van der Waals surface area contributed by atoms with Gasteiger partial charge >= 0.3 is 6.03 Å². The first kappa shape index (κ1) is 19.9. The van der Waals surface area contributed by atoms with E-state index >= 15 is 0 Å². The van der Waals surface area contributed by atoms with Gasteiger partial charge in [0.1, 0.15) is 0 Å². The Bertz CT molecular complexity index is 785. The van der Waals surface area contributed by atoms with E-state index in [4.69, 9.17) is 0 Å². The quantitative estimate of drug-likeness (QED) is 0.683. The van der Waals surface area contributed by atoms with Gasteiger partial charge in [-0.05, 0) is 56.0 Å². The molecule has 1 aliphatic rings. The average Bonchev–Trinajstić information content (AvgIpc) is 3.23. The van der Waals surface area contributed by atoms with E-state index < -0.39 is 0 Å². The number of nitrogens with zero attached hydrogens (tertiary/aromatic N) is 1. The van der Waals surface area contributed by atoms with Gasteiger partial charge in [-0.1, -0.05) is 43.2 Å². The van der Waals surface area contributed by atoms with E-state index in [-0.39, 0.29) is 17.9 Å². The summed E-state index contributed by atoms with van der Waals surface area (Å²) >= 11 is 0. The second-order valence-electron chi connectivity index (χ2n) is 7.41. The Labute approximate surface area is 167 Å². The maximum atomic E-state index is 12.9. The van der Waals surface area contributed by atoms with E-state index in [9.17, 15) is 9.59 Å². The van der Waals surface area contributed by atoms with Gasteiger partial charge in [0, 0.05) is 30.4 Å². The highest BCUT2D eigenvalue weighted by Gasteiger charge is 2.22. The van der Waals surface area contributed by atoms with Gasteiger partial charge in [-0.2, -0.15) is 0 Å². The summed E-state index contributed by atoms with van der Waals surface area (Å²) in [4.78, 5) is 26.8. The Kier molecular flexibility index (Phi) is 7.06. The molecule has 3 rings (SSSR count). The lowest BCUT2D eigenvalue weighted by atomic mass is 10.1. The van der Waals surface area contributed by atoms with E-state index in [1.165, 1.54) is 0 Å². The highest BCUT2D eigenvalue weighted by atomic mass is 16.2. The van der Waals surface area contributed by atoms with Crippen LogP contribution in [-0.4, -0.2) is 25.0 Å². The van der Waals surface area contributed by atoms with Crippen molar-refractivity contribution in [2.75, 3.05) is 23.3 Å². The number of carbonyl (C=O) groups excluding carboxylic acids is 2. The van der Waals surface area contributed by atoms with E-state index in [2.05, 4.69) is 10.6 Å². The number of benzene rings is 2. The Morgan fingerprint density at radius 1 is 1.04 bits per heavy atom. The number of para-hydroxylation sites is 1. The SMILES string of the molecule is Cc1cccc(NC(=O)N(CCCNC(=O)C2CCCC2)c2ccccc2)c1. The Hall–Kier alpha value is -2.82. The first-order valence-electron chi connectivity index (χ1n) is 10.1. The van der Waals surface area contributed by atoms with Crippen LogP contribution in [0, 0.1) is 12.8 Å². The molecule has 0 aromatic heterocycles. The zero-order valence-corrected chi connectivity index (χ0v) is 16.5. The van der Waals surface area contributed by atoms with Crippen LogP contribution in [0.25, 0.3) is 0 Å². The minimum Gasteiger partial charge on any atom is -0.356 e. The summed E-state index contributed by atoms with van der Waals surface area (Å²) in [6, 6.07) is 17.2. The molecule has 0 unspecified atom stereocenters. The number of carbonyl (C=O) groups is 2. The molecule has 1 aliphatic carbocycles. The van der Waals surface area contributed by atoms with E-state index in [1.807, 2.05) is 61.5 Å². The number of hydrogen-bond acceptors (Lipinski definition) is 2. The molecule has 2 aromatic rings. The van der Waals surface area contributed by atoms with Crippen LogP contribution < -0.4 is 15.5 Å². The lowest BCUT2D eigenvalue weighted by molar-refractivity contribution is -0.124. The second-order valence-corrected chi connectivity index (χ2v) is 7.41. The third-order valence-electron chi connectivity index (χ3n) is 5.17. The molecule has 2 N–H and O–H groups in total. The molecule has 3 amide bonds. The van der Waals surface area contributed by atoms with Crippen molar-refractivity contribution in [1.29, 1.82) is 0 Å². The number of amides is 3. The van der Waals surface area contributed by atoms with Crippen molar-refractivity contribution in [3.63, 3.8) is 0 Å². The van der Waals surface area contributed by atoms with Crippen molar-refractivity contribution in [2.24, 2.45) is 5.92 Å². The first-order chi connectivity index (χ1) is 13.6. The predicted molar refractivity (Wildman–Crippen MR) is 114 cm³/mol. The molecule has 0 heterocycles. The number of urea groups is 1. The number of anilines is 2. The molecular formula is C23H29N3O2. The maximum absolute atomic E-state index is 12.9. The molecule has 148 valence electrons. The van der Waals surface area contributed by atoms with Crippen LogP contribution in [0.1, 0.15) is 37.7 Å². The molecule has 5 heteroatoms. The van der Waals surface area contributed by atoms with Gasteiger partial charge in [0.05, 0.1) is 0 Å². The molecule has 0 spiro atoms. The molecule has 0 radical (unpaired) electrons. The van der Waals surface area contributed by atoms with Crippen molar-refractivity contribution >= 4 is 23.3 Å². The summed E-state index contributed by atoms with van der Waals surface area (Å²) in [6.45, 7) is 3.11. The predicted octanol–water partition coefficient (Wildman–Crippen LogP) is 4.73. The molecule has 28 heavy (non-hydrogen) atoms. The number of nitrogens with one attached hydrogen (secondary N) is 2. The molecule has 2 aromatic carbocycles.